The predicted molar refractivity (Wildman–Crippen MR) is 55.6 cm³/mol. The van der Waals surface area contributed by atoms with Gasteiger partial charge in [-0.05, 0) is 17.9 Å². The summed E-state index contributed by atoms with van der Waals surface area (Å²) in [5.41, 5.74) is 0. The first kappa shape index (κ1) is 10.3. The van der Waals surface area contributed by atoms with Crippen molar-refractivity contribution in [1.82, 2.24) is 5.32 Å². The molecular formula is C10H15NOS. The maximum atomic E-state index is 11.4. The summed E-state index contributed by atoms with van der Waals surface area (Å²) in [7, 11) is 0. The lowest BCUT2D eigenvalue weighted by Gasteiger charge is -2.08. The van der Waals surface area contributed by atoms with E-state index in [0.29, 0.717) is 6.54 Å². The zero-order chi connectivity index (χ0) is 9.68. The summed E-state index contributed by atoms with van der Waals surface area (Å²) in [6, 6.07) is 4.02. The van der Waals surface area contributed by atoms with Gasteiger partial charge in [0.25, 0.3) is 0 Å². The summed E-state index contributed by atoms with van der Waals surface area (Å²) in [6.45, 7) is 4.64. The van der Waals surface area contributed by atoms with Crippen LogP contribution in [0, 0.1) is 5.92 Å². The minimum absolute atomic E-state index is 0.125. The number of amides is 1. The summed E-state index contributed by atoms with van der Waals surface area (Å²) < 4.78 is 0. The molecule has 13 heavy (non-hydrogen) atoms. The van der Waals surface area contributed by atoms with E-state index < -0.39 is 0 Å². The van der Waals surface area contributed by atoms with Crippen LogP contribution in [0.15, 0.2) is 17.5 Å². The van der Waals surface area contributed by atoms with Gasteiger partial charge in [0.05, 0.1) is 6.54 Å². The van der Waals surface area contributed by atoms with E-state index in [1.807, 2.05) is 31.4 Å². The monoisotopic (exact) mass is 197 g/mol. The standard InChI is InChI=1S/C10H15NOS/c1-3-8(2)10(12)11-7-9-5-4-6-13-9/h4-6,8H,3,7H2,1-2H3,(H,11,12). The second-order valence-electron chi connectivity index (χ2n) is 3.11. The van der Waals surface area contributed by atoms with Crippen LogP contribution < -0.4 is 5.32 Å². The molecule has 1 N–H and O–H groups in total. The number of hydrogen-bond donors (Lipinski definition) is 1. The highest BCUT2D eigenvalue weighted by molar-refractivity contribution is 7.09. The fourth-order valence-electron chi connectivity index (χ4n) is 0.947. The molecule has 1 amide bonds. The highest BCUT2D eigenvalue weighted by atomic mass is 32.1. The molecule has 0 saturated carbocycles. The van der Waals surface area contributed by atoms with Crippen LogP contribution in [-0.4, -0.2) is 5.91 Å². The largest absolute Gasteiger partial charge is 0.351 e. The summed E-state index contributed by atoms with van der Waals surface area (Å²) >= 11 is 1.67. The molecule has 1 unspecified atom stereocenters. The quantitative estimate of drug-likeness (QED) is 0.789. The van der Waals surface area contributed by atoms with Crippen molar-refractivity contribution in [1.29, 1.82) is 0 Å². The second kappa shape index (κ2) is 5.02. The van der Waals surface area contributed by atoms with Gasteiger partial charge >= 0.3 is 0 Å². The topological polar surface area (TPSA) is 29.1 Å². The minimum atomic E-state index is 0.125. The average molecular weight is 197 g/mol. The van der Waals surface area contributed by atoms with E-state index in [9.17, 15) is 4.79 Å². The third kappa shape index (κ3) is 3.19. The molecule has 1 aromatic heterocycles. The predicted octanol–water partition coefficient (Wildman–Crippen LogP) is 2.41. The molecular weight excluding hydrogens is 182 g/mol. The van der Waals surface area contributed by atoms with Crippen molar-refractivity contribution in [3.63, 3.8) is 0 Å². The van der Waals surface area contributed by atoms with Gasteiger partial charge in [0.15, 0.2) is 0 Å². The molecule has 0 radical (unpaired) electrons. The van der Waals surface area contributed by atoms with E-state index in [4.69, 9.17) is 0 Å². The Kier molecular flexibility index (Phi) is 3.96. The van der Waals surface area contributed by atoms with Gasteiger partial charge in [-0.25, -0.2) is 0 Å². The Morgan fingerprint density at radius 3 is 3.00 bits per heavy atom. The highest BCUT2D eigenvalue weighted by Crippen LogP contribution is 2.08. The maximum Gasteiger partial charge on any atom is 0.223 e. The van der Waals surface area contributed by atoms with Gasteiger partial charge in [-0.15, -0.1) is 11.3 Å². The Bertz CT molecular complexity index is 256. The van der Waals surface area contributed by atoms with Crippen LogP contribution in [-0.2, 0) is 11.3 Å². The third-order valence-electron chi connectivity index (χ3n) is 2.08. The van der Waals surface area contributed by atoms with Crippen molar-refractivity contribution in [2.45, 2.75) is 26.8 Å². The van der Waals surface area contributed by atoms with E-state index in [1.54, 1.807) is 11.3 Å². The van der Waals surface area contributed by atoms with E-state index >= 15 is 0 Å². The fourth-order valence-corrected chi connectivity index (χ4v) is 1.59. The van der Waals surface area contributed by atoms with E-state index in [0.717, 1.165) is 6.42 Å². The van der Waals surface area contributed by atoms with E-state index in [1.165, 1.54) is 4.88 Å². The van der Waals surface area contributed by atoms with Gasteiger partial charge in [0.2, 0.25) is 5.91 Å². The van der Waals surface area contributed by atoms with Gasteiger partial charge in [-0.1, -0.05) is 19.9 Å². The van der Waals surface area contributed by atoms with Crippen molar-refractivity contribution in [3.8, 4) is 0 Å². The smallest absolute Gasteiger partial charge is 0.223 e. The zero-order valence-electron chi connectivity index (χ0n) is 8.04. The van der Waals surface area contributed by atoms with Crippen LogP contribution in [0.1, 0.15) is 25.1 Å². The van der Waals surface area contributed by atoms with Crippen molar-refractivity contribution in [2.24, 2.45) is 5.92 Å². The lowest BCUT2D eigenvalue weighted by atomic mass is 10.1. The van der Waals surface area contributed by atoms with Gasteiger partial charge in [0.1, 0.15) is 0 Å². The molecule has 1 aromatic rings. The van der Waals surface area contributed by atoms with Gasteiger partial charge in [-0.3, -0.25) is 4.79 Å². The van der Waals surface area contributed by atoms with Crippen molar-refractivity contribution < 1.29 is 4.79 Å². The maximum absolute atomic E-state index is 11.4. The van der Waals surface area contributed by atoms with Crippen LogP contribution in [0.4, 0.5) is 0 Å². The Morgan fingerprint density at radius 1 is 1.69 bits per heavy atom. The molecule has 0 fully saturated rings. The number of thiophene rings is 1. The summed E-state index contributed by atoms with van der Waals surface area (Å²) in [5.74, 6) is 0.274. The molecule has 2 nitrogen and oxygen atoms in total. The molecule has 0 spiro atoms. The lowest BCUT2D eigenvalue weighted by Crippen LogP contribution is -2.27. The molecule has 1 rings (SSSR count). The molecule has 3 heteroatoms. The summed E-state index contributed by atoms with van der Waals surface area (Å²) in [6.07, 6.45) is 0.899. The average Bonchev–Trinajstić information content (AvgIpc) is 2.65. The van der Waals surface area contributed by atoms with Gasteiger partial charge < -0.3 is 5.32 Å². The first-order chi connectivity index (χ1) is 6.24. The molecule has 0 aliphatic carbocycles. The Labute approximate surface area is 83.0 Å². The fraction of sp³-hybridized carbons (Fsp3) is 0.500. The van der Waals surface area contributed by atoms with Gasteiger partial charge in [0, 0.05) is 10.8 Å². The van der Waals surface area contributed by atoms with E-state index in [-0.39, 0.29) is 11.8 Å². The zero-order valence-corrected chi connectivity index (χ0v) is 8.86. The number of nitrogens with one attached hydrogen (secondary N) is 1. The SMILES string of the molecule is CCC(C)C(=O)NCc1cccs1. The van der Waals surface area contributed by atoms with Crippen molar-refractivity contribution >= 4 is 17.2 Å². The Morgan fingerprint density at radius 2 is 2.46 bits per heavy atom. The third-order valence-corrected chi connectivity index (χ3v) is 2.95. The minimum Gasteiger partial charge on any atom is -0.351 e. The van der Waals surface area contributed by atoms with Crippen LogP contribution >= 0.6 is 11.3 Å². The van der Waals surface area contributed by atoms with E-state index in [2.05, 4.69) is 5.32 Å². The normalized spacial score (nSPS) is 12.5. The molecule has 0 aliphatic heterocycles. The van der Waals surface area contributed by atoms with Crippen LogP contribution in [0.25, 0.3) is 0 Å². The summed E-state index contributed by atoms with van der Waals surface area (Å²) in [4.78, 5) is 12.6. The number of carbonyl (C=O) groups is 1. The highest BCUT2D eigenvalue weighted by Gasteiger charge is 2.09. The lowest BCUT2D eigenvalue weighted by molar-refractivity contribution is -0.124. The molecule has 0 bridgehead atoms. The Balaban J connectivity index is 2.31. The van der Waals surface area contributed by atoms with Gasteiger partial charge in [-0.2, -0.15) is 0 Å². The number of carbonyl (C=O) groups excluding carboxylic acids is 1. The molecule has 72 valence electrons. The molecule has 0 aliphatic rings. The molecule has 1 atom stereocenters. The Hall–Kier alpha value is -0.830. The first-order valence-corrected chi connectivity index (χ1v) is 5.42. The van der Waals surface area contributed by atoms with Crippen LogP contribution in [0.3, 0.4) is 0 Å². The first-order valence-electron chi connectivity index (χ1n) is 4.54. The number of rotatable bonds is 4. The van der Waals surface area contributed by atoms with Crippen LogP contribution in [0.5, 0.6) is 0 Å². The van der Waals surface area contributed by atoms with Crippen molar-refractivity contribution in [2.75, 3.05) is 0 Å². The second-order valence-corrected chi connectivity index (χ2v) is 4.14. The summed E-state index contributed by atoms with van der Waals surface area (Å²) in [5, 5.41) is 4.93. The molecule has 0 aromatic carbocycles. The van der Waals surface area contributed by atoms with Crippen molar-refractivity contribution in [3.05, 3.63) is 22.4 Å². The van der Waals surface area contributed by atoms with Crippen LogP contribution in [0.2, 0.25) is 0 Å². The number of hydrogen-bond acceptors (Lipinski definition) is 2. The molecule has 0 saturated heterocycles. The molecule has 1 heterocycles.